The second-order valence-corrected chi connectivity index (χ2v) is 4.90. The van der Waals surface area contributed by atoms with E-state index < -0.39 is 0 Å². The van der Waals surface area contributed by atoms with Crippen molar-refractivity contribution in [2.45, 2.75) is 19.4 Å². The molecule has 0 aliphatic heterocycles. The molecule has 0 aromatic heterocycles. The fourth-order valence-electron chi connectivity index (χ4n) is 1.85. The van der Waals surface area contributed by atoms with Crippen molar-refractivity contribution in [3.05, 3.63) is 11.6 Å². The minimum absolute atomic E-state index is 0. The van der Waals surface area contributed by atoms with Crippen molar-refractivity contribution in [1.29, 1.82) is 0 Å². The van der Waals surface area contributed by atoms with Crippen molar-refractivity contribution in [3.8, 4) is 0 Å². The van der Waals surface area contributed by atoms with Gasteiger partial charge < -0.3 is 33.6 Å². The molecule has 0 heterocycles. The van der Waals surface area contributed by atoms with Crippen molar-refractivity contribution in [1.82, 2.24) is 0 Å². The largest absolute Gasteiger partial charge is 1.00 e. The van der Waals surface area contributed by atoms with Crippen LogP contribution in [0.2, 0.25) is 0 Å². The molecule has 0 spiro atoms. The molecule has 0 amide bonds. The highest BCUT2D eigenvalue weighted by Gasteiger charge is 2.25. The van der Waals surface area contributed by atoms with E-state index >= 15 is 0 Å². The van der Waals surface area contributed by atoms with Gasteiger partial charge in [-0.05, 0) is 18.9 Å². The predicted molar refractivity (Wildman–Crippen MR) is 50.8 cm³/mol. The van der Waals surface area contributed by atoms with Crippen LogP contribution in [-0.2, 0) is 0 Å². The summed E-state index contributed by atoms with van der Waals surface area (Å²) >= 11 is 0. The molecular formula is C10H20INO. The van der Waals surface area contributed by atoms with Crippen LogP contribution in [0.3, 0.4) is 0 Å². The molecule has 1 N–H and O–H groups in total. The standard InChI is InChI=1S/C10H20NO.HI/c1-8-5-9(6-10(8)12)7-11(2,3)4;/h5,9-10,12H,6-7H2,1-4H3;1H/q+1;/p-1/t9-,10-;/m0./s1. The molecule has 78 valence electrons. The number of hydrogen-bond acceptors (Lipinski definition) is 1. The Labute approximate surface area is 98.2 Å². The summed E-state index contributed by atoms with van der Waals surface area (Å²) in [4.78, 5) is 0. The zero-order valence-corrected chi connectivity index (χ0v) is 11.1. The van der Waals surface area contributed by atoms with E-state index in [1.54, 1.807) is 0 Å². The van der Waals surface area contributed by atoms with Gasteiger partial charge in [-0.15, -0.1) is 0 Å². The Morgan fingerprint density at radius 2 is 2.00 bits per heavy atom. The van der Waals surface area contributed by atoms with Gasteiger partial charge in [0.2, 0.25) is 0 Å². The monoisotopic (exact) mass is 297 g/mol. The molecule has 0 fully saturated rings. The lowest BCUT2D eigenvalue weighted by Gasteiger charge is -2.26. The maximum Gasteiger partial charge on any atom is 0.0845 e. The Balaban J connectivity index is 0.00000144. The number of quaternary nitrogens is 1. The second kappa shape index (κ2) is 4.75. The Morgan fingerprint density at radius 1 is 1.46 bits per heavy atom. The van der Waals surface area contributed by atoms with E-state index in [-0.39, 0.29) is 30.1 Å². The molecule has 0 saturated carbocycles. The van der Waals surface area contributed by atoms with Gasteiger partial charge in [0.15, 0.2) is 0 Å². The number of hydrogen-bond donors (Lipinski definition) is 1. The maximum absolute atomic E-state index is 9.49. The Kier molecular flexibility index (Phi) is 4.90. The van der Waals surface area contributed by atoms with Gasteiger partial charge in [0.25, 0.3) is 0 Å². The van der Waals surface area contributed by atoms with Gasteiger partial charge in [0.05, 0.1) is 33.8 Å². The molecular weight excluding hydrogens is 277 g/mol. The molecule has 0 saturated heterocycles. The number of halogens is 1. The summed E-state index contributed by atoms with van der Waals surface area (Å²) in [5.41, 5.74) is 1.15. The smallest absolute Gasteiger partial charge is 0.0845 e. The topological polar surface area (TPSA) is 20.2 Å². The number of aliphatic hydroxyl groups excluding tert-OH is 1. The van der Waals surface area contributed by atoms with E-state index in [1.165, 1.54) is 0 Å². The van der Waals surface area contributed by atoms with E-state index in [0.29, 0.717) is 5.92 Å². The van der Waals surface area contributed by atoms with Crippen molar-refractivity contribution in [2.24, 2.45) is 5.92 Å². The van der Waals surface area contributed by atoms with Crippen LogP contribution in [0.25, 0.3) is 0 Å². The first-order valence-electron chi connectivity index (χ1n) is 4.55. The van der Waals surface area contributed by atoms with Crippen LogP contribution in [0, 0.1) is 5.92 Å². The van der Waals surface area contributed by atoms with Gasteiger partial charge in [-0.3, -0.25) is 0 Å². The fourth-order valence-corrected chi connectivity index (χ4v) is 1.85. The SMILES string of the molecule is CC1=C[C@H](C[N+](C)(C)C)C[C@@H]1O.[I-]. The van der Waals surface area contributed by atoms with E-state index in [9.17, 15) is 5.11 Å². The third-order valence-corrected chi connectivity index (χ3v) is 2.33. The van der Waals surface area contributed by atoms with Crippen LogP contribution in [0.4, 0.5) is 0 Å². The fraction of sp³-hybridized carbons (Fsp3) is 0.800. The molecule has 1 aliphatic carbocycles. The highest BCUT2D eigenvalue weighted by atomic mass is 127. The maximum atomic E-state index is 9.49. The van der Waals surface area contributed by atoms with Gasteiger partial charge in [-0.2, -0.15) is 0 Å². The highest BCUT2D eigenvalue weighted by molar-refractivity contribution is 5.14. The quantitative estimate of drug-likeness (QED) is 0.356. The molecule has 0 aromatic rings. The summed E-state index contributed by atoms with van der Waals surface area (Å²) in [6.07, 6.45) is 2.96. The van der Waals surface area contributed by atoms with E-state index in [0.717, 1.165) is 23.0 Å². The van der Waals surface area contributed by atoms with Crippen molar-refractivity contribution < 1.29 is 33.6 Å². The van der Waals surface area contributed by atoms with Gasteiger partial charge in [-0.1, -0.05) is 6.08 Å². The summed E-state index contributed by atoms with van der Waals surface area (Å²) in [5, 5.41) is 9.49. The molecule has 13 heavy (non-hydrogen) atoms. The third-order valence-electron chi connectivity index (χ3n) is 2.33. The average molecular weight is 297 g/mol. The van der Waals surface area contributed by atoms with Crippen LogP contribution in [0.5, 0.6) is 0 Å². The van der Waals surface area contributed by atoms with Crippen LogP contribution >= 0.6 is 0 Å². The lowest BCUT2D eigenvalue weighted by Crippen LogP contribution is -3.00. The number of aliphatic hydroxyl groups is 1. The van der Waals surface area contributed by atoms with Crippen molar-refractivity contribution in [3.63, 3.8) is 0 Å². The summed E-state index contributed by atoms with van der Waals surface area (Å²) in [5.74, 6) is 0.569. The van der Waals surface area contributed by atoms with Gasteiger partial charge in [0.1, 0.15) is 0 Å². The zero-order valence-electron chi connectivity index (χ0n) is 8.92. The minimum atomic E-state index is -0.179. The second-order valence-electron chi connectivity index (χ2n) is 4.90. The molecule has 2 nitrogen and oxygen atoms in total. The number of rotatable bonds is 2. The molecule has 0 bridgehead atoms. The van der Waals surface area contributed by atoms with E-state index in [4.69, 9.17) is 0 Å². The molecule has 0 unspecified atom stereocenters. The first kappa shape index (κ1) is 13.4. The molecule has 0 radical (unpaired) electrons. The Hall–Kier alpha value is 0.390. The molecule has 1 rings (SSSR count). The molecule has 2 atom stereocenters. The van der Waals surface area contributed by atoms with Crippen LogP contribution in [0.1, 0.15) is 13.3 Å². The summed E-state index contributed by atoms with van der Waals surface area (Å²) < 4.78 is 0.973. The first-order valence-corrected chi connectivity index (χ1v) is 4.55. The summed E-state index contributed by atoms with van der Waals surface area (Å²) in [6.45, 7) is 3.13. The highest BCUT2D eigenvalue weighted by Crippen LogP contribution is 2.25. The van der Waals surface area contributed by atoms with Crippen molar-refractivity contribution >= 4 is 0 Å². The molecule has 3 heteroatoms. The Bertz CT molecular complexity index is 196. The van der Waals surface area contributed by atoms with Gasteiger partial charge >= 0.3 is 0 Å². The van der Waals surface area contributed by atoms with E-state index in [2.05, 4.69) is 27.2 Å². The zero-order chi connectivity index (χ0) is 9.35. The average Bonchev–Trinajstić information content (AvgIpc) is 2.07. The third kappa shape index (κ3) is 4.42. The minimum Gasteiger partial charge on any atom is -1.00 e. The first-order chi connectivity index (χ1) is 5.38. The predicted octanol–water partition coefficient (Wildman–Crippen LogP) is -1.98. The van der Waals surface area contributed by atoms with Gasteiger partial charge in [-0.25, -0.2) is 0 Å². The number of nitrogens with zero attached hydrogens (tertiary/aromatic N) is 1. The summed E-state index contributed by atoms with van der Waals surface area (Å²) in [7, 11) is 6.57. The van der Waals surface area contributed by atoms with E-state index in [1.807, 2.05) is 6.92 Å². The van der Waals surface area contributed by atoms with Crippen LogP contribution in [-0.4, -0.2) is 43.4 Å². The van der Waals surface area contributed by atoms with Crippen LogP contribution < -0.4 is 24.0 Å². The normalized spacial score (nSPS) is 28.2. The van der Waals surface area contributed by atoms with Crippen LogP contribution in [0.15, 0.2) is 11.6 Å². The lowest BCUT2D eigenvalue weighted by atomic mass is 10.1. The lowest BCUT2D eigenvalue weighted by molar-refractivity contribution is -0.873. The molecule has 0 aromatic carbocycles. The summed E-state index contributed by atoms with van der Waals surface area (Å²) in [6, 6.07) is 0. The van der Waals surface area contributed by atoms with Gasteiger partial charge in [0, 0.05) is 5.92 Å². The Morgan fingerprint density at radius 3 is 2.31 bits per heavy atom. The van der Waals surface area contributed by atoms with Crippen molar-refractivity contribution in [2.75, 3.05) is 27.7 Å². The molecule has 1 aliphatic rings.